The second-order valence-electron chi connectivity index (χ2n) is 7.45. The van der Waals surface area contributed by atoms with E-state index in [1.54, 1.807) is 0 Å². The Bertz CT molecular complexity index is 1040. The molecule has 0 aliphatic heterocycles. The van der Waals surface area contributed by atoms with E-state index in [4.69, 9.17) is 4.74 Å². The van der Waals surface area contributed by atoms with Gasteiger partial charge in [-0.1, -0.05) is 18.2 Å². The number of aromatic nitrogens is 1. The molecule has 0 saturated heterocycles. The lowest BCUT2D eigenvalue weighted by Crippen LogP contribution is -2.32. The molecule has 5 heteroatoms. The third kappa shape index (κ3) is 4.61. The topological polar surface area (TPSA) is 74.3 Å². The lowest BCUT2D eigenvalue weighted by molar-refractivity contribution is 0.106. The summed E-state index contributed by atoms with van der Waals surface area (Å²) in [5, 5.41) is 14.4. The molecule has 0 saturated carbocycles. The van der Waals surface area contributed by atoms with Crippen LogP contribution in [0.4, 0.5) is 0 Å². The molecule has 0 spiro atoms. The van der Waals surface area contributed by atoms with Crippen molar-refractivity contribution in [2.45, 2.75) is 40.3 Å². The van der Waals surface area contributed by atoms with Crippen LogP contribution in [0.3, 0.4) is 0 Å². The van der Waals surface area contributed by atoms with Crippen LogP contribution in [-0.2, 0) is 6.54 Å². The van der Waals surface area contributed by atoms with Gasteiger partial charge in [-0.3, -0.25) is 4.79 Å². The zero-order valence-corrected chi connectivity index (χ0v) is 16.9. The zero-order chi connectivity index (χ0) is 20.3. The van der Waals surface area contributed by atoms with Crippen LogP contribution in [0.2, 0.25) is 0 Å². The van der Waals surface area contributed by atoms with Crippen LogP contribution in [0.25, 0.3) is 10.9 Å². The number of ether oxygens (including phenoxy) is 1. The molecule has 5 nitrogen and oxygen atoms in total. The highest BCUT2D eigenvalue weighted by Gasteiger charge is 2.09. The van der Waals surface area contributed by atoms with Crippen molar-refractivity contribution in [3.05, 3.63) is 74.6 Å². The Morgan fingerprint density at radius 2 is 1.71 bits per heavy atom. The standard InChI is InChI=1S/C23H28N2O3/c1-14-7-8-20(9-17(14)4)28-13-19(26)12-24-11-18-10-21-15(2)5-6-16(3)22(21)25-23(18)27/h5-10,19,24,26H,11-13H2,1-4H3,(H,25,27)/t19-/m0/s1. The molecule has 0 radical (unpaired) electrons. The number of aryl methyl sites for hydroxylation is 4. The average Bonchev–Trinajstić information content (AvgIpc) is 2.66. The third-order valence-corrected chi connectivity index (χ3v) is 5.14. The number of aliphatic hydroxyl groups is 1. The molecule has 148 valence electrons. The second-order valence-corrected chi connectivity index (χ2v) is 7.45. The number of H-pyrrole nitrogens is 1. The summed E-state index contributed by atoms with van der Waals surface area (Å²) in [7, 11) is 0. The molecule has 0 fully saturated rings. The largest absolute Gasteiger partial charge is 0.491 e. The molecule has 3 N–H and O–H groups in total. The Balaban J connectivity index is 1.57. The minimum absolute atomic E-state index is 0.102. The first-order valence-corrected chi connectivity index (χ1v) is 9.56. The van der Waals surface area contributed by atoms with Crippen molar-refractivity contribution in [1.82, 2.24) is 10.3 Å². The van der Waals surface area contributed by atoms with E-state index in [0.717, 1.165) is 33.3 Å². The molecule has 0 unspecified atom stereocenters. The van der Waals surface area contributed by atoms with Crippen LogP contribution in [0.1, 0.15) is 27.8 Å². The number of aromatic amines is 1. The fourth-order valence-corrected chi connectivity index (χ4v) is 3.18. The van der Waals surface area contributed by atoms with Gasteiger partial charge in [0.1, 0.15) is 18.5 Å². The lowest BCUT2D eigenvalue weighted by Gasteiger charge is -2.14. The summed E-state index contributed by atoms with van der Waals surface area (Å²) < 4.78 is 5.66. The van der Waals surface area contributed by atoms with E-state index in [1.165, 1.54) is 5.56 Å². The van der Waals surface area contributed by atoms with Crippen molar-refractivity contribution in [3.8, 4) is 5.75 Å². The van der Waals surface area contributed by atoms with Gasteiger partial charge in [0.2, 0.25) is 0 Å². The first-order chi connectivity index (χ1) is 13.3. The highest BCUT2D eigenvalue weighted by Crippen LogP contribution is 2.19. The number of pyridine rings is 1. The van der Waals surface area contributed by atoms with E-state index >= 15 is 0 Å². The number of fused-ring (bicyclic) bond motifs is 1. The molecule has 1 atom stereocenters. The van der Waals surface area contributed by atoms with Gasteiger partial charge in [-0.2, -0.15) is 0 Å². The van der Waals surface area contributed by atoms with E-state index in [0.29, 0.717) is 18.7 Å². The first-order valence-electron chi connectivity index (χ1n) is 9.56. The van der Waals surface area contributed by atoms with Crippen LogP contribution in [0.5, 0.6) is 5.75 Å². The number of nitrogens with one attached hydrogen (secondary N) is 2. The molecular weight excluding hydrogens is 352 g/mol. The van der Waals surface area contributed by atoms with Crippen LogP contribution < -0.4 is 15.6 Å². The highest BCUT2D eigenvalue weighted by atomic mass is 16.5. The Labute approximate surface area is 165 Å². The Hall–Kier alpha value is -2.63. The monoisotopic (exact) mass is 380 g/mol. The van der Waals surface area contributed by atoms with Crippen LogP contribution in [-0.4, -0.2) is 29.3 Å². The maximum Gasteiger partial charge on any atom is 0.252 e. The predicted octanol–water partition coefficient (Wildman–Crippen LogP) is 3.29. The Kier molecular flexibility index (Phi) is 6.17. The summed E-state index contributed by atoms with van der Waals surface area (Å²) >= 11 is 0. The minimum Gasteiger partial charge on any atom is -0.491 e. The summed E-state index contributed by atoms with van der Waals surface area (Å²) in [6.45, 7) is 9.03. The van der Waals surface area contributed by atoms with E-state index in [9.17, 15) is 9.90 Å². The second kappa shape index (κ2) is 8.59. The smallest absolute Gasteiger partial charge is 0.252 e. The van der Waals surface area contributed by atoms with Gasteiger partial charge in [0.15, 0.2) is 0 Å². The lowest BCUT2D eigenvalue weighted by atomic mass is 10.0. The van der Waals surface area contributed by atoms with Gasteiger partial charge in [-0.25, -0.2) is 0 Å². The molecular formula is C23H28N2O3. The van der Waals surface area contributed by atoms with Gasteiger partial charge in [0.05, 0.1) is 5.52 Å². The van der Waals surface area contributed by atoms with Crippen LogP contribution >= 0.6 is 0 Å². The minimum atomic E-state index is -0.662. The molecule has 1 heterocycles. The molecule has 0 amide bonds. The van der Waals surface area contributed by atoms with Crippen molar-refractivity contribution in [2.75, 3.05) is 13.2 Å². The van der Waals surface area contributed by atoms with Crippen molar-refractivity contribution in [3.63, 3.8) is 0 Å². The van der Waals surface area contributed by atoms with Gasteiger partial charge >= 0.3 is 0 Å². The summed E-state index contributed by atoms with van der Waals surface area (Å²) in [6.07, 6.45) is -0.662. The highest BCUT2D eigenvalue weighted by molar-refractivity contribution is 5.85. The molecule has 2 aromatic carbocycles. The number of aliphatic hydroxyl groups excluding tert-OH is 1. The fourth-order valence-electron chi connectivity index (χ4n) is 3.18. The van der Waals surface area contributed by atoms with Crippen molar-refractivity contribution in [2.24, 2.45) is 0 Å². The van der Waals surface area contributed by atoms with Gasteiger partial charge in [-0.15, -0.1) is 0 Å². The van der Waals surface area contributed by atoms with Gasteiger partial charge < -0.3 is 20.1 Å². The predicted molar refractivity (Wildman–Crippen MR) is 113 cm³/mol. The average molecular weight is 380 g/mol. The van der Waals surface area contributed by atoms with E-state index < -0.39 is 6.10 Å². The van der Waals surface area contributed by atoms with Gasteiger partial charge in [0, 0.05) is 24.0 Å². The number of hydrogen-bond acceptors (Lipinski definition) is 4. The van der Waals surface area contributed by atoms with Crippen molar-refractivity contribution < 1.29 is 9.84 Å². The zero-order valence-electron chi connectivity index (χ0n) is 16.9. The summed E-state index contributed by atoms with van der Waals surface area (Å²) in [5.41, 5.74) is 5.98. The number of benzene rings is 2. The molecule has 3 rings (SSSR count). The van der Waals surface area contributed by atoms with Crippen LogP contribution in [0, 0.1) is 27.7 Å². The number of hydrogen-bond donors (Lipinski definition) is 3. The quantitative estimate of drug-likeness (QED) is 0.588. The van der Waals surface area contributed by atoms with Crippen molar-refractivity contribution in [1.29, 1.82) is 0 Å². The van der Waals surface area contributed by atoms with E-state index in [-0.39, 0.29) is 12.2 Å². The number of rotatable bonds is 7. The molecule has 3 aromatic rings. The fraction of sp³-hybridized carbons (Fsp3) is 0.348. The summed E-state index contributed by atoms with van der Waals surface area (Å²) in [4.78, 5) is 15.3. The Morgan fingerprint density at radius 1 is 1.00 bits per heavy atom. The molecule has 28 heavy (non-hydrogen) atoms. The maximum atomic E-state index is 12.4. The molecule has 1 aromatic heterocycles. The summed E-state index contributed by atoms with van der Waals surface area (Å²) in [5.74, 6) is 0.749. The van der Waals surface area contributed by atoms with Crippen molar-refractivity contribution >= 4 is 10.9 Å². The normalized spacial score (nSPS) is 12.3. The van der Waals surface area contributed by atoms with Gasteiger partial charge in [-0.05, 0) is 68.1 Å². The van der Waals surface area contributed by atoms with Gasteiger partial charge in [0.25, 0.3) is 5.56 Å². The van der Waals surface area contributed by atoms with E-state index in [1.807, 2.05) is 51.1 Å². The van der Waals surface area contributed by atoms with Crippen LogP contribution in [0.15, 0.2) is 41.2 Å². The Morgan fingerprint density at radius 3 is 2.46 bits per heavy atom. The first kappa shape index (κ1) is 20.1. The molecule has 0 bridgehead atoms. The maximum absolute atomic E-state index is 12.4. The SMILES string of the molecule is Cc1ccc(OC[C@@H](O)CNCc2cc3c(C)ccc(C)c3[nH]c2=O)cc1C. The third-order valence-electron chi connectivity index (χ3n) is 5.14. The van der Waals surface area contributed by atoms with E-state index in [2.05, 4.69) is 23.3 Å². The molecule has 0 aliphatic rings. The summed E-state index contributed by atoms with van der Waals surface area (Å²) in [6, 6.07) is 11.9. The molecule has 0 aliphatic carbocycles.